The minimum Gasteiger partial charge on any atom is -0.280 e. The van der Waals surface area contributed by atoms with Crippen LogP contribution in [0.2, 0.25) is 0 Å². The van der Waals surface area contributed by atoms with E-state index in [0.29, 0.717) is 6.54 Å². The molecule has 0 radical (unpaired) electrons. The van der Waals surface area contributed by atoms with Crippen LogP contribution in [0.4, 0.5) is 0 Å². The van der Waals surface area contributed by atoms with Crippen LogP contribution in [0.3, 0.4) is 0 Å². The first-order chi connectivity index (χ1) is 21.9. The zero-order valence-corrected chi connectivity index (χ0v) is 26.6. The molecule has 0 spiro atoms. The highest BCUT2D eigenvalue weighted by Gasteiger charge is 2.23. The summed E-state index contributed by atoms with van der Waals surface area (Å²) < 4.78 is 0. The summed E-state index contributed by atoms with van der Waals surface area (Å²) in [4.78, 5) is 5.08. The molecular weight excluding hydrogens is 542 g/mol. The van der Waals surface area contributed by atoms with Crippen LogP contribution in [0.5, 0.6) is 0 Å². The van der Waals surface area contributed by atoms with E-state index >= 15 is 0 Å². The number of benzene rings is 5. The zero-order valence-electron chi connectivity index (χ0n) is 26.6. The molecule has 0 aliphatic heterocycles. The monoisotopic (exact) mass is 583 g/mol. The van der Waals surface area contributed by atoms with Crippen molar-refractivity contribution in [2.75, 3.05) is 0 Å². The molecule has 1 nitrogen and oxygen atoms in total. The average Bonchev–Trinajstić information content (AvgIpc) is 3.09. The maximum absolute atomic E-state index is 5.08. The van der Waals surface area contributed by atoms with Crippen molar-refractivity contribution < 1.29 is 0 Å². The highest BCUT2D eigenvalue weighted by molar-refractivity contribution is 6.09. The summed E-state index contributed by atoms with van der Waals surface area (Å²) in [6.07, 6.45) is 11.9. The molecule has 5 aromatic carbocycles. The molecule has 0 atom stereocenters. The van der Waals surface area contributed by atoms with Crippen LogP contribution >= 0.6 is 0 Å². The van der Waals surface area contributed by atoms with Gasteiger partial charge in [0.05, 0.1) is 12.3 Å². The molecule has 0 aromatic heterocycles. The number of hydrogen-bond acceptors (Lipinski definition) is 1. The lowest BCUT2D eigenvalue weighted by molar-refractivity contribution is 0.640. The lowest BCUT2D eigenvalue weighted by Gasteiger charge is -2.26. The van der Waals surface area contributed by atoms with Crippen LogP contribution in [0.25, 0.3) is 21.9 Å². The molecule has 0 saturated heterocycles. The van der Waals surface area contributed by atoms with E-state index in [-0.39, 0.29) is 5.41 Å². The number of rotatable bonds is 11. The Morgan fingerprint density at radius 3 is 2.02 bits per heavy atom. The van der Waals surface area contributed by atoms with Gasteiger partial charge < -0.3 is 0 Å². The Hall–Kier alpha value is -5.27. The van der Waals surface area contributed by atoms with Gasteiger partial charge in [-0.2, -0.15) is 0 Å². The highest BCUT2D eigenvalue weighted by Crippen LogP contribution is 2.34. The highest BCUT2D eigenvalue weighted by atomic mass is 14.7. The first-order valence-corrected chi connectivity index (χ1v) is 15.5. The maximum Gasteiger partial charge on any atom is 0.0656 e. The first-order valence-electron chi connectivity index (χ1n) is 15.5. The third-order valence-electron chi connectivity index (χ3n) is 8.37. The molecule has 0 heterocycles. The second-order valence-electron chi connectivity index (χ2n) is 11.7. The maximum atomic E-state index is 5.08. The molecule has 0 amide bonds. The summed E-state index contributed by atoms with van der Waals surface area (Å²) in [6.45, 7) is 15.1. The van der Waals surface area contributed by atoms with Gasteiger partial charge in [0.2, 0.25) is 0 Å². The second-order valence-corrected chi connectivity index (χ2v) is 11.7. The number of allylic oxidation sites excluding steroid dienone is 8. The van der Waals surface area contributed by atoms with Crippen molar-refractivity contribution in [3.05, 3.63) is 204 Å². The number of fused-ring (bicyclic) bond motifs is 1. The molecule has 0 aliphatic rings. The van der Waals surface area contributed by atoms with E-state index in [4.69, 9.17) is 4.99 Å². The van der Waals surface area contributed by atoms with E-state index in [1.807, 2.05) is 43.4 Å². The summed E-state index contributed by atoms with van der Waals surface area (Å²) in [5.41, 5.74) is 10.1. The van der Waals surface area contributed by atoms with Crippen molar-refractivity contribution in [3.8, 4) is 11.1 Å². The third kappa shape index (κ3) is 7.28. The SMILES string of the molecule is C=C/C=C(\C=C/C)C(/C=C)=C/C(=N\Cc1ccc(C(C)(C)c2ccc(-c3cccc4ccccc34)cc2)cc1)c1ccccc1. The Kier molecular flexibility index (Phi) is 10.0. The zero-order chi connectivity index (χ0) is 31.6. The fraction of sp³-hybridized carbons (Fsp3) is 0.114. The summed E-state index contributed by atoms with van der Waals surface area (Å²) >= 11 is 0. The quantitative estimate of drug-likeness (QED) is 0.108. The Morgan fingerprint density at radius 1 is 0.711 bits per heavy atom. The van der Waals surface area contributed by atoms with Crippen molar-refractivity contribution in [1.82, 2.24) is 0 Å². The topological polar surface area (TPSA) is 12.4 Å². The molecule has 45 heavy (non-hydrogen) atoms. The van der Waals surface area contributed by atoms with Crippen LogP contribution in [0.15, 0.2) is 187 Å². The summed E-state index contributed by atoms with van der Waals surface area (Å²) in [5, 5.41) is 2.54. The Balaban J connectivity index is 1.39. The minimum absolute atomic E-state index is 0.142. The predicted molar refractivity (Wildman–Crippen MR) is 196 cm³/mol. The molecule has 5 rings (SSSR count). The molecule has 0 fully saturated rings. The van der Waals surface area contributed by atoms with Gasteiger partial charge in [0.25, 0.3) is 0 Å². The first kappa shape index (κ1) is 31.2. The smallest absolute Gasteiger partial charge is 0.0656 e. The van der Waals surface area contributed by atoms with Gasteiger partial charge in [-0.25, -0.2) is 0 Å². The van der Waals surface area contributed by atoms with E-state index in [1.165, 1.54) is 33.0 Å². The molecule has 222 valence electrons. The van der Waals surface area contributed by atoms with Crippen molar-refractivity contribution in [1.29, 1.82) is 0 Å². The van der Waals surface area contributed by atoms with Gasteiger partial charge in [-0.15, -0.1) is 0 Å². The van der Waals surface area contributed by atoms with Gasteiger partial charge in [0, 0.05) is 5.41 Å². The molecular formula is C44H41N. The van der Waals surface area contributed by atoms with Crippen molar-refractivity contribution >= 4 is 16.5 Å². The summed E-state index contributed by atoms with van der Waals surface area (Å²) in [6, 6.07) is 43.4. The molecule has 5 aromatic rings. The van der Waals surface area contributed by atoms with Gasteiger partial charge in [-0.1, -0.05) is 179 Å². The van der Waals surface area contributed by atoms with Gasteiger partial charge in [-0.05, 0) is 68.3 Å². The molecule has 1 heteroatoms. The van der Waals surface area contributed by atoms with Gasteiger partial charge in [0.1, 0.15) is 0 Å². The van der Waals surface area contributed by atoms with Crippen LogP contribution in [-0.4, -0.2) is 5.71 Å². The van der Waals surface area contributed by atoms with Gasteiger partial charge in [-0.3, -0.25) is 4.99 Å². The van der Waals surface area contributed by atoms with Crippen LogP contribution in [-0.2, 0) is 12.0 Å². The molecule has 0 bridgehead atoms. The standard InChI is InChI=1S/C44H41N/c1-6-15-35(16-7-2)34(8-3)31-43(38-18-10-9-11-19-38)45-32-33-23-27-39(28-24-33)44(4,5)40-29-25-37(26-30-40)42-22-14-20-36-17-12-13-21-41(36)42/h6-31H,1,3,32H2,2,4-5H3/b16-7-,34-31+,35-15+,45-43+. The third-order valence-corrected chi connectivity index (χ3v) is 8.37. The van der Waals surface area contributed by atoms with E-state index < -0.39 is 0 Å². The van der Waals surface area contributed by atoms with Crippen molar-refractivity contribution in [3.63, 3.8) is 0 Å². The summed E-state index contributed by atoms with van der Waals surface area (Å²) in [5.74, 6) is 0. The lowest BCUT2D eigenvalue weighted by Crippen LogP contribution is -2.18. The number of aliphatic imine (C=N–C) groups is 1. The van der Waals surface area contributed by atoms with Crippen LogP contribution in [0.1, 0.15) is 43.0 Å². The molecule has 0 unspecified atom stereocenters. The molecule has 0 aliphatic carbocycles. The minimum atomic E-state index is -0.142. The number of nitrogens with zero attached hydrogens (tertiary/aromatic N) is 1. The largest absolute Gasteiger partial charge is 0.280 e. The van der Waals surface area contributed by atoms with E-state index in [1.54, 1.807) is 6.08 Å². The van der Waals surface area contributed by atoms with Crippen molar-refractivity contribution in [2.45, 2.75) is 32.7 Å². The Labute approximate surface area is 269 Å². The fourth-order valence-corrected chi connectivity index (χ4v) is 5.70. The number of hydrogen-bond donors (Lipinski definition) is 0. The fourth-order valence-electron chi connectivity index (χ4n) is 5.70. The summed E-state index contributed by atoms with van der Waals surface area (Å²) in [7, 11) is 0. The Morgan fingerprint density at radius 2 is 1.36 bits per heavy atom. The van der Waals surface area contributed by atoms with Crippen molar-refractivity contribution in [2.24, 2.45) is 4.99 Å². The van der Waals surface area contributed by atoms with Gasteiger partial charge >= 0.3 is 0 Å². The predicted octanol–water partition coefficient (Wildman–Crippen LogP) is 11.6. The normalized spacial score (nSPS) is 12.9. The molecule has 0 N–H and O–H groups in total. The Bertz CT molecular complexity index is 1890. The van der Waals surface area contributed by atoms with E-state index in [9.17, 15) is 0 Å². The second kappa shape index (κ2) is 14.5. The van der Waals surface area contributed by atoms with E-state index in [2.05, 4.69) is 142 Å². The molecule has 0 saturated carbocycles. The van der Waals surface area contributed by atoms with Crippen LogP contribution in [0, 0.1) is 0 Å². The average molecular weight is 584 g/mol. The van der Waals surface area contributed by atoms with Crippen LogP contribution < -0.4 is 0 Å². The van der Waals surface area contributed by atoms with E-state index in [0.717, 1.165) is 28.0 Å². The van der Waals surface area contributed by atoms with Gasteiger partial charge in [0.15, 0.2) is 0 Å². The lowest BCUT2D eigenvalue weighted by atomic mass is 9.77.